The summed E-state index contributed by atoms with van der Waals surface area (Å²) >= 11 is 0. The lowest BCUT2D eigenvalue weighted by Gasteiger charge is -2.30. The molecule has 0 spiro atoms. The zero-order chi connectivity index (χ0) is 22.5. The SMILES string of the molecule is COC(=O)[C@H](C[C@H](CN)OC(=O)N1CCc2cccc(O)c2C1)C(=O)OC(C)(C)C. The van der Waals surface area contributed by atoms with Crippen molar-refractivity contribution in [1.29, 1.82) is 0 Å². The molecule has 0 radical (unpaired) electrons. The Bertz CT molecular complexity index is 788. The van der Waals surface area contributed by atoms with Crippen LogP contribution in [0.2, 0.25) is 0 Å². The first-order chi connectivity index (χ1) is 14.1. The number of ether oxygens (including phenoxy) is 3. The number of nitrogens with zero attached hydrogens (tertiary/aromatic N) is 1. The summed E-state index contributed by atoms with van der Waals surface area (Å²) in [6.45, 7) is 5.58. The van der Waals surface area contributed by atoms with E-state index in [2.05, 4.69) is 0 Å². The third-order valence-electron chi connectivity index (χ3n) is 4.71. The number of benzene rings is 1. The predicted octanol–water partition coefficient (Wildman–Crippen LogP) is 1.74. The minimum atomic E-state index is -1.26. The second-order valence-corrected chi connectivity index (χ2v) is 8.17. The van der Waals surface area contributed by atoms with E-state index in [4.69, 9.17) is 19.9 Å². The van der Waals surface area contributed by atoms with Crippen molar-refractivity contribution in [3.05, 3.63) is 29.3 Å². The molecule has 9 nitrogen and oxygen atoms in total. The molecule has 0 unspecified atom stereocenters. The average Bonchev–Trinajstić information content (AvgIpc) is 2.69. The minimum Gasteiger partial charge on any atom is -0.508 e. The topological polar surface area (TPSA) is 128 Å². The molecule has 0 saturated heterocycles. The molecule has 0 aromatic heterocycles. The summed E-state index contributed by atoms with van der Waals surface area (Å²) in [5.74, 6) is -2.69. The van der Waals surface area contributed by atoms with Gasteiger partial charge in [0.05, 0.1) is 13.7 Å². The quantitative estimate of drug-likeness (QED) is 0.403. The highest BCUT2D eigenvalue weighted by Gasteiger charge is 2.36. The van der Waals surface area contributed by atoms with Gasteiger partial charge < -0.3 is 30.0 Å². The normalized spacial score (nSPS) is 15.6. The molecule has 0 saturated carbocycles. The number of phenols is 1. The highest BCUT2D eigenvalue weighted by molar-refractivity contribution is 5.95. The molecule has 9 heteroatoms. The van der Waals surface area contributed by atoms with E-state index in [9.17, 15) is 19.5 Å². The second-order valence-electron chi connectivity index (χ2n) is 8.17. The number of carbonyl (C=O) groups excluding carboxylic acids is 3. The number of esters is 2. The Balaban J connectivity index is 2.05. The summed E-state index contributed by atoms with van der Waals surface area (Å²) in [4.78, 5) is 38.6. The van der Waals surface area contributed by atoms with Crippen LogP contribution in [0.15, 0.2) is 18.2 Å². The molecule has 0 bridgehead atoms. The number of aromatic hydroxyl groups is 1. The number of hydrogen-bond acceptors (Lipinski definition) is 8. The summed E-state index contributed by atoms with van der Waals surface area (Å²) in [7, 11) is 1.17. The van der Waals surface area contributed by atoms with Crippen molar-refractivity contribution < 1.29 is 33.7 Å². The molecule has 166 valence electrons. The lowest BCUT2D eigenvalue weighted by molar-refractivity contribution is -0.169. The van der Waals surface area contributed by atoms with Crippen molar-refractivity contribution in [2.24, 2.45) is 11.7 Å². The summed E-state index contributed by atoms with van der Waals surface area (Å²) in [5.41, 5.74) is 6.59. The molecule has 1 aliphatic rings. The van der Waals surface area contributed by atoms with Crippen molar-refractivity contribution in [1.82, 2.24) is 4.90 Å². The number of amides is 1. The Kier molecular flexibility index (Phi) is 7.66. The lowest BCUT2D eigenvalue weighted by Crippen LogP contribution is -2.42. The van der Waals surface area contributed by atoms with Crippen LogP contribution in [0.3, 0.4) is 0 Å². The maximum atomic E-state index is 12.6. The van der Waals surface area contributed by atoms with Crippen LogP contribution in [0, 0.1) is 5.92 Å². The zero-order valence-electron chi connectivity index (χ0n) is 17.8. The molecule has 1 heterocycles. The maximum absolute atomic E-state index is 12.6. The monoisotopic (exact) mass is 422 g/mol. The van der Waals surface area contributed by atoms with Gasteiger partial charge in [-0.15, -0.1) is 0 Å². The molecule has 2 atom stereocenters. The molecular formula is C21H30N2O7. The van der Waals surface area contributed by atoms with Gasteiger partial charge in [-0.25, -0.2) is 4.79 Å². The van der Waals surface area contributed by atoms with Gasteiger partial charge >= 0.3 is 18.0 Å². The summed E-state index contributed by atoms with van der Waals surface area (Å²) < 4.78 is 15.5. The number of nitrogens with two attached hydrogens (primary N) is 1. The van der Waals surface area contributed by atoms with Crippen molar-refractivity contribution in [3.8, 4) is 5.75 Å². The van der Waals surface area contributed by atoms with Gasteiger partial charge in [-0.1, -0.05) is 12.1 Å². The van der Waals surface area contributed by atoms with Crippen molar-refractivity contribution in [2.75, 3.05) is 20.2 Å². The number of rotatable bonds is 6. The van der Waals surface area contributed by atoms with E-state index in [1.807, 2.05) is 6.07 Å². The summed E-state index contributed by atoms with van der Waals surface area (Å²) in [6.07, 6.45) is -1.10. The van der Waals surface area contributed by atoms with E-state index in [1.54, 1.807) is 32.9 Å². The van der Waals surface area contributed by atoms with Crippen LogP contribution in [-0.2, 0) is 36.8 Å². The number of methoxy groups -OCH3 is 1. The van der Waals surface area contributed by atoms with Gasteiger partial charge in [0.1, 0.15) is 17.5 Å². The molecule has 1 aromatic rings. The number of hydrogen-bond donors (Lipinski definition) is 2. The first-order valence-corrected chi connectivity index (χ1v) is 9.81. The molecule has 30 heavy (non-hydrogen) atoms. The number of phenolic OH excluding ortho intramolecular Hbond substituents is 1. The molecule has 3 N–H and O–H groups in total. The Labute approximate surface area is 176 Å². The largest absolute Gasteiger partial charge is 0.508 e. The molecular weight excluding hydrogens is 392 g/mol. The first-order valence-electron chi connectivity index (χ1n) is 9.81. The van der Waals surface area contributed by atoms with E-state index in [1.165, 1.54) is 12.0 Å². The Hall–Kier alpha value is -2.81. The summed E-state index contributed by atoms with van der Waals surface area (Å²) in [5, 5.41) is 10.0. The fourth-order valence-electron chi connectivity index (χ4n) is 3.20. The van der Waals surface area contributed by atoms with Gasteiger partial charge in [0.15, 0.2) is 5.92 Å². The van der Waals surface area contributed by atoms with Crippen LogP contribution in [0.5, 0.6) is 5.75 Å². The van der Waals surface area contributed by atoms with E-state index >= 15 is 0 Å². The molecule has 1 aromatic carbocycles. The van der Waals surface area contributed by atoms with Gasteiger partial charge in [-0.3, -0.25) is 9.59 Å². The first kappa shape index (κ1) is 23.5. The van der Waals surface area contributed by atoms with Gasteiger partial charge in [-0.2, -0.15) is 0 Å². The van der Waals surface area contributed by atoms with E-state index in [0.29, 0.717) is 18.5 Å². The number of carbonyl (C=O) groups is 3. The maximum Gasteiger partial charge on any atom is 0.410 e. The third-order valence-corrected chi connectivity index (χ3v) is 4.71. The predicted molar refractivity (Wildman–Crippen MR) is 108 cm³/mol. The molecule has 0 fully saturated rings. The van der Waals surface area contributed by atoms with Crippen LogP contribution in [0.1, 0.15) is 38.3 Å². The Morgan fingerprint density at radius 2 is 1.93 bits per heavy atom. The van der Waals surface area contributed by atoms with Gasteiger partial charge in [0.25, 0.3) is 0 Å². The highest BCUT2D eigenvalue weighted by Crippen LogP contribution is 2.27. The average molecular weight is 422 g/mol. The fourth-order valence-corrected chi connectivity index (χ4v) is 3.20. The zero-order valence-corrected chi connectivity index (χ0v) is 17.8. The smallest absolute Gasteiger partial charge is 0.410 e. The van der Waals surface area contributed by atoms with Crippen LogP contribution in [0.25, 0.3) is 0 Å². The van der Waals surface area contributed by atoms with Crippen LogP contribution in [-0.4, -0.2) is 59.9 Å². The van der Waals surface area contributed by atoms with Gasteiger partial charge in [-0.05, 0) is 38.8 Å². The van der Waals surface area contributed by atoms with Gasteiger partial charge in [0, 0.05) is 25.1 Å². The van der Waals surface area contributed by atoms with Crippen molar-refractivity contribution >= 4 is 18.0 Å². The van der Waals surface area contributed by atoms with Gasteiger partial charge in [0.2, 0.25) is 0 Å². The molecule has 2 rings (SSSR count). The van der Waals surface area contributed by atoms with Crippen LogP contribution < -0.4 is 5.73 Å². The van der Waals surface area contributed by atoms with Crippen molar-refractivity contribution in [3.63, 3.8) is 0 Å². The number of fused-ring (bicyclic) bond motifs is 1. The Morgan fingerprint density at radius 1 is 1.23 bits per heavy atom. The van der Waals surface area contributed by atoms with E-state index < -0.39 is 35.7 Å². The highest BCUT2D eigenvalue weighted by atomic mass is 16.6. The second kappa shape index (κ2) is 9.80. The minimum absolute atomic E-state index is 0.0856. The van der Waals surface area contributed by atoms with Crippen LogP contribution in [0.4, 0.5) is 4.79 Å². The summed E-state index contributed by atoms with van der Waals surface area (Å²) in [6, 6.07) is 5.23. The molecule has 1 aliphatic heterocycles. The van der Waals surface area contributed by atoms with E-state index in [-0.39, 0.29) is 25.3 Å². The third kappa shape index (κ3) is 6.09. The fraction of sp³-hybridized carbons (Fsp3) is 0.571. The molecule has 0 aliphatic carbocycles. The Morgan fingerprint density at radius 3 is 2.53 bits per heavy atom. The lowest BCUT2D eigenvalue weighted by atomic mass is 9.99. The van der Waals surface area contributed by atoms with Crippen molar-refractivity contribution in [2.45, 2.75) is 51.9 Å². The van der Waals surface area contributed by atoms with E-state index in [0.717, 1.165) is 5.56 Å². The standard InChI is InChI=1S/C21H30N2O7/c1-21(2,3)30-19(26)15(18(25)28-4)10-14(11-22)29-20(27)23-9-8-13-6-5-7-17(24)16(13)12-23/h5-7,14-15,24H,8-12,22H2,1-4H3/t14-,15+/m1/s1. The molecule has 1 amide bonds. The van der Waals surface area contributed by atoms with Crippen LogP contribution >= 0.6 is 0 Å².